The molecule has 5 nitrogen and oxygen atoms in total. The summed E-state index contributed by atoms with van der Waals surface area (Å²) < 4.78 is 9.92. The fraction of sp³-hybridized carbons (Fsp3) is 0.556. The number of aliphatic hydroxyl groups is 1. The molecule has 1 atom stereocenters. The predicted octanol–water partition coefficient (Wildman–Crippen LogP) is 3.60. The highest BCUT2D eigenvalue weighted by Crippen LogP contribution is 2.54. The number of carbonyl (C=O) groups excluding carboxylic acids is 2. The molecule has 0 unspecified atom stereocenters. The summed E-state index contributed by atoms with van der Waals surface area (Å²) in [6, 6.07) is 1.63. The summed E-state index contributed by atoms with van der Waals surface area (Å²) in [7, 11) is 1.26. The van der Waals surface area contributed by atoms with Gasteiger partial charge in [0, 0.05) is 5.56 Å². The minimum absolute atomic E-state index is 0.0836. The van der Waals surface area contributed by atoms with Crippen LogP contribution in [0.5, 0.6) is 5.75 Å². The second-order valence-corrected chi connectivity index (χ2v) is 7.73. The molecule has 0 saturated heterocycles. The van der Waals surface area contributed by atoms with Gasteiger partial charge < -0.3 is 14.6 Å². The Bertz CT molecular complexity index is 739. The van der Waals surface area contributed by atoms with Crippen molar-refractivity contribution in [3.63, 3.8) is 0 Å². The number of hydrogen-bond donors (Lipinski definition) is 1. The maximum absolute atomic E-state index is 13.1. The van der Waals surface area contributed by atoms with E-state index in [1.165, 1.54) is 7.11 Å². The molecule has 136 valence electrons. The lowest BCUT2D eigenvalue weighted by molar-refractivity contribution is -0.142. The quantitative estimate of drug-likeness (QED) is 0.800. The van der Waals surface area contributed by atoms with Crippen LogP contribution in [0, 0.1) is 5.41 Å². The first-order chi connectivity index (χ1) is 11.7. The van der Waals surface area contributed by atoms with E-state index in [0.717, 1.165) is 12.8 Å². The molecule has 1 N–H and O–H groups in total. The van der Waals surface area contributed by atoms with Gasteiger partial charge in [0.2, 0.25) is 0 Å². The molecule has 0 heterocycles. The molecule has 0 radical (unpaired) electrons. The van der Waals surface area contributed by atoms with Gasteiger partial charge in [-0.15, -0.1) is 0 Å². The first-order valence-corrected chi connectivity index (χ1v) is 8.97. The van der Waals surface area contributed by atoms with E-state index in [2.05, 4.69) is 4.74 Å². The lowest BCUT2D eigenvalue weighted by atomic mass is 9.69. The molecule has 2 aliphatic carbocycles. The van der Waals surface area contributed by atoms with Crippen LogP contribution in [0.15, 0.2) is 6.07 Å². The zero-order valence-corrected chi connectivity index (χ0v) is 15.7. The van der Waals surface area contributed by atoms with Gasteiger partial charge in [-0.2, -0.15) is 0 Å². The van der Waals surface area contributed by atoms with Gasteiger partial charge in [0.1, 0.15) is 10.8 Å². The van der Waals surface area contributed by atoms with Gasteiger partial charge >= 0.3 is 5.97 Å². The third kappa shape index (κ3) is 2.82. The van der Waals surface area contributed by atoms with Crippen LogP contribution in [0.25, 0.3) is 0 Å². The molecule has 0 amide bonds. The second kappa shape index (κ2) is 6.45. The molecule has 1 aromatic carbocycles. The second-order valence-electron chi connectivity index (χ2n) is 6.98. The van der Waals surface area contributed by atoms with Crippen LogP contribution in [0.1, 0.15) is 48.5 Å². The highest BCUT2D eigenvalue weighted by molar-refractivity contribution is 6.45. The molecule has 1 aromatic rings. The number of hydrogen-bond acceptors (Lipinski definition) is 5. The molecule has 2 aliphatic rings. The third-order valence-electron chi connectivity index (χ3n) is 5.56. The van der Waals surface area contributed by atoms with E-state index in [0.29, 0.717) is 30.4 Å². The van der Waals surface area contributed by atoms with Crippen molar-refractivity contribution in [1.82, 2.24) is 0 Å². The smallest absolute Gasteiger partial charge is 0.343 e. The zero-order chi connectivity index (χ0) is 18.4. The summed E-state index contributed by atoms with van der Waals surface area (Å²) >= 11 is 12.6. The number of fused-ring (bicyclic) bond motifs is 1. The number of ether oxygens (including phenoxy) is 2. The minimum Gasteiger partial charge on any atom is -0.480 e. The average Bonchev–Trinajstić information content (AvgIpc) is 3.14. The minimum atomic E-state index is -1.04. The Kier molecular flexibility index (Phi) is 4.77. The van der Waals surface area contributed by atoms with E-state index in [-0.39, 0.29) is 28.2 Å². The Balaban J connectivity index is 1.97. The number of ketones is 1. The van der Waals surface area contributed by atoms with Crippen LogP contribution in [-0.2, 0) is 16.0 Å². The lowest BCUT2D eigenvalue weighted by Crippen LogP contribution is -2.48. The van der Waals surface area contributed by atoms with E-state index in [9.17, 15) is 14.7 Å². The maximum Gasteiger partial charge on any atom is 0.343 e. The highest BCUT2D eigenvalue weighted by atomic mass is 35.5. The van der Waals surface area contributed by atoms with Gasteiger partial charge in [0.05, 0.1) is 23.1 Å². The monoisotopic (exact) mass is 386 g/mol. The first kappa shape index (κ1) is 18.5. The van der Waals surface area contributed by atoms with E-state index < -0.39 is 17.0 Å². The third-order valence-corrected chi connectivity index (χ3v) is 6.41. The fourth-order valence-corrected chi connectivity index (χ4v) is 4.47. The van der Waals surface area contributed by atoms with Crippen molar-refractivity contribution in [1.29, 1.82) is 0 Å². The number of Topliss-reactive ketones (excluding diaryl/α,β-unsaturated/α-hetero) is 1. The zero-order valence-electron chi connectivity index (χ0n) is 14.2. The molecular formula is C18H20Cl2O5. The van der Waals surface area contributed by atoms with Crippen LogP contribution >= 0.6 is 23.2 Å². The number of benzene rings is 1. The van der Waals surface area contributed by atoms with Gasteiger partial charge in [0.25, 0.3) is 0 Å². The van der Waals surface area contributed by atoms with Crippen LogP contribution in [0.3, 0.4) is 0 Å². The summed E-state index contributed by atoms with van der Waals surface area (Å²) in [6.45, 7) is 1.49. The Labute approximate surface area is 156 Å². The standard InChI is InChI=1S/C18H20Cl2O5/c1-17(18(23)5-3-4-6-18)8-10-7-11(25-9-12(21)24-2)14(19)15(20)13(10)16(17)22/h7,23H,3-6,8-9H2,1-2H3/t17-/m0/s1. The molecule has 0 aliphatic heterocycles. The van der Waals surface area contributed by atoms with Crippen LogP contribution in [0.4, 0.5) is 0 Å². The Morgan fingerprint density at radius 3 is 2.52 bits per heavy atom. The van der Waals surface area contributed by atoms with Gasteiger partial charge in [-0.05, 0) is 37.8 Å². The van der Waals surface area contributed by atoms with Crippen LogP contribution < -0.4 is 4.74 Å². The molecular weight excluding hydrogens is 367 g/mol. The molecule has 3 rings (SSSR count). The molecule has 25 heavy (non-hydrogen) atoms. The number of rotatable bonds is 4. The summed E-state index contributed by atoms with van der Waals surface area (Å²) in [5.74, 6) is -0.501. The van der Waals surface area contributed by atoms with Crippen molar-refractivity contribution in [2.24, 2.45) is 5.41 Å². The Morgan fingerprint density at radius 1 is 1.28 bits per heavy atom. The van der Waals surface area contributed by atoms with Crippen LogP contribution in [0.2, 0.25) is 10.0 Å². The van der Waals surface area contributed by atoms with Crippen molar-refractivity contribution in [2.75, 3.05) is 13.7 Å². The predicted molar refractivity (Wildman–Crippen MR) is 93.5 cm³/mol. The van der Waals surface area contributed by atoms with Crippen molar-refractivity contribution < 1.29 is 24.2 Å². The van der Waals surface area contributed by atoms with E-state index in [1.807, 2.05) is 0 Å². The maximum atomic E-state index is 13.1. The van der Waals surface area contributed by atoms with Crippen molar-refractivity contribution in [3.8, 4) is 5.75 Å². The SMILES string of the molecule is COC(=O)COc1cc2c(c(Cl)c1Cl)C(=O)[C@@](C)(C1(O)CCCC1)C2. The van der Waals surface area contributed by atoms with Gasteiger partial charge in [-0.1, -0.05) is 36.0 Å². The van der Waals surface area contributed by atoms with Crippen LogP contribution in [-0.4, -0.2) is 36.2 Å². The van der Waals surface area contributed by atoms with Gasteiger partial charge in [0.15, 0.2) is 12.4 Å². The lowest BCUT2D eigenvalue weighted by Gasteiger charge is -2.38. The van der Waals surface area contributed by atoms with Crippen molar-refractivity contribution >= 4 is 35.0 Å². The largest absolute Gasteiger partial charge is 0.480 e. The number of esters is 1. The molecule has 0 aromatic heterocycles. The van der Waals surface area contributed by atoms with Crippen molar-refractivity contribution in [3.05, 3.63) is 27.2 Å². The highest BCUT2D eigenvalue weighted by Gasteiger charge is 2.57. The van der Waals surface area contributed by atoms with Gasteiger partial charge in [-0.25, -0.2) is 4.79 Å². The summed E-state index contributed by atoms with van der Waals surface area (Å²) in [5, 5.41) is 11.2. The summed E-state index contributed by atoms with van der Waals surface area (Å²) in [5.41, 5.74) is -0.937. The van der Waals surface area contributed by atoms with E-state index in [4.69, 9.17) is 27.9 Å². The summed E-state index contributed by atoms with van der Waals surface area (Å²) in [6.07, 6.45) is 3.36. The van der Waals surface area contributed by atoms with E-state index in [1.54, 1.807) is 13.0 Å². The average molecular weight is 387 g/mol. The van der Waals surface area contributed by atoms with Gasteiger partial charge in [-0.3, -0.25) is 4.79 Å². The molecule has 0 spiro atoms. The Morgan fingerprint density at radius 2 is 1.92 bits per heavy atom. The number of carbonyl (C=O) groups is 2. The number of methoxy groups -OCH3 is 1. The normalized spacial score (nSPS) is 24.3. The topological polar surface area (TPSA) is 72.8 Å². The summed E-state index contributed by atoms with van der Waals surface area (Å²) in [4.78, 5) is 24.4. The molecule has 1 saturated carbocycles. The molecule has 0 bridgehead atoms. The molecule has 1 fully saturated rings. The van der Waals surface area contributed by atoms with Crippen molar-refractivity contribution in [2.45, 2.75) is 44.6 Å². The molecule has 7 heteroatoms. The fourth-order valence-electron chi connectivity index (χ4n) is 3.96. The Hall–Kier alpha value is -1.30. The first-order valence-electron chi connectivity index (χ1n) is 8.21. The van der Waals surface area contributed by atoms with E-state index >= 15 is 0 Å². The number of halogens is 2.